The molecule has 0 saturated carbocycles. The largest absolute Gasteiger partial charge is 0.325 e. The van der Waals surface area contributed by atoms with E-state index >= 15 is 0 Å². The van der Waals surface area contributed by atoms with E-state index in [1.807, 2.05) is 32.0 Å². The summed E-state index contributed by atoms with van der Waals surface area (Å²) in [6.45, 7) is 8.15. The molecule has 0 fully saturated rings. The fourth-order valence-electron chi connectivity index (χ4n) is 2.07. The number of carbonyl (C=O) groups is 1. The van der Waals surface area contributed by atoms with Crippen molar-refractivity contribution in [3.05, 3.63) is 51.4 Å². The summed E-state index contributed by atoms with van der Waals surface area (Å²) in [4.78, 5) is 31.0. The Morgan fingerprint density at radius 1 is 1.28 bits per heavy atom. The van der Waals surface area contributed by atoms with Crippen molar-refractivity contribution < 1.29 is 4.79 Å². The van der Waals surface area contributed by atoms with E-state index in [0.29, 0.717) is 16.2 Å². The van der Waals surface area contributed by atoms with Crippen molar-refractivity contribution >= 4 is 35.1 Å². The highest BCUT2D eigenvalue weighted by atomic mass is 32.2. The fourth-order valence-corrected chi connectivity index (χ4v) is 3.42. The van der Waals surface area contributed by atoms with E-state index in [1.165, 1.54) is 17.8 Å². The lowest BCUT2D eigenvalue weighted by Gasteiger charge is -2.09. The third kappa shape index (κ3) is 6.59. The maximum Gasteiger partial charge on any atom is 0.251 e. The van der Waals surface area contributed by atoms with E-state index in [2.05, 4.69) is 29.1 Å². The Kier molecular flexibility index (Phi) is 7.13. The van der Waals surface area contributed by atoms with Crippen molar-refractivity contribution in [2.45, 2.75) is 43.9 Å². The molecule has 0 aliphatic heterocycles. The molecule has 0 saturated heterocycles. The number of aryl methyl sites for hydroxylation is 2. The topological polar surface area (TPSA) is 74.8 Å². The molecule has 1 amide bonds. The third-order valence-electron chi connectivity index (χ3n) is 3.34. The van der Waals surface area contributed by atoms with Crippen LogP contribution < -0.4 is 10.9 Å². The molecular formula is C18H23N3O2S2. The fraction of sp³-hybridized carbons (Fsp3) is 0.389. The molecule has 2 aromatic rings. The maximum atomic E-state index is 12.2. The second kappa shape index (κ2) is 9.10. The van der Waals surface area contributed by atoms with Gasteiger partial charge in [-0.3, -0.25) is 9.59 Å². The summed E-state index contributed by atoms with van der Waals surface area (Å²) >= 11 is 2.96. The van der Waals surface area contributed by atoms with Gasteiger partial charge >= 0.3 is 0 Å². The van der Waals surface area contributed by atoms with Gasteiger partial charge in [0.2, 0.25) is 5.91 Å². The number of rotatable bonds is 7. The van der Waals surface area contributed by atoms with Crippen LogP contribution in [0.25, 0.3) is 0 Å². The number of benzene rings is 1. The molecule has 0 aliphatic carbocycles. The molecule has 0 unspecified atom stereocenters. The Balaban J connectivity index is 1.97. The van der Waals surface area contributed by atoms with Gasteiger partial charge in [-0.25, -0.2) is 4.98 Å². The zero-order valence-electron chi connectivity index (χ0n) is 14.9. The first-order chi connectivity index (χ1) is 11.8. The molecule has 1 aromatic carbocycles. The Hall–Kier alpha value is -1.73. The lowest BCUT2D eigenvalue weighted by atomic mass is 10.1. The molecule has 0 spiro atoms. The number of aromatic nitrogens is 2. The number of anilines is 1. The van der Waals surface area contributed by atoms with Gasteiger partial charge < -0.3 is 10.3 Å². The van der Waals surface area contributed by atoms with Gasteiger partial charge in [0.15, 0.2) is 5.16 Å². The first kappa shape index (κ1) is 19.6. The SMILES string of the molecule is Cc1ccc(C)c(NC(=O)CSc2nc(CSC(C)C)cc(=O)[nH]2)c1. The Bertz CT molecular complexity index is 803. The summed E-state index contributed by atoms with van der Waals surface area (Å²) in [6.07, 6.45) is 0. The summed E-state index contributed by atoms with van der Waals surface area (Å²) in [5.74, 6) is 0.754. The number of hydrogen-bond acceptors (Lipinski definition) is 5. The first-order valence-corrected chi connectivity index (χ1v) is 10.1. The molecule has 7 heteroatoms. The molecule has 0 bridgehead atoms. The predicted octanol–water partition coefficient (Wildman–Crippen LogP) is 3.76. The number of nitrogens with one attached hydrogen (secondary N) is 2. The van der Waals surface area contributed by atoms with E-state index in [9.17, 15) is 9.59 Å². The van der Waals surface area contributed by atoms with Crippen LogP contribution in [-0.2, 0) is 10.5 Å². The molecule has 0 atom stereocenters. The zero-order valence-corrected chi connectivity index (χ0v) is 16.5. The standard InChI is InChI=1S/C18H23N3O2S2/c1-11(2)24-9-14-8-16(22)21-18(19-14)25-10-17(23)20-15-7-12(3)5-6-13(15)4/h5-8,11H,9-10H2,1-4H3,(H,20,23)(H,19,21,22). The van der Waals surface area contributed by atoms with Gasteiger partial charge in [0.25, 0.3) is 5.56 Å². The molecule has 5 nitrogen and oxygen atoms in total. The minimum absolute atomic E-state index is 0.122. The van der Waals surface area contributed by atoms with E-state index < -0.39 is 0 Å². The van der Waals surface area contributed by atoms with E-state index in [0.717, 1.165) is 22.5 Å². The normalized spacial score (nSPS) is 10.9. The van der Waals surface area contributed by atoms with E-state index in [1.54, 1.807) is 11.8 Å². The Morgan fingerprint density at radius 3 is 2.76 bits per heavy atom. The molecule has 0 radical (unpaired) electrons. The summed E-state index contributed by atoms with van der Waals surface area (Å²) in [6, 6.07) is 7.44. The molecule has 1 aromatic heterocycles. The molecule has 0 aliphatic rings. The summed E-state index contributed by atoms with van der Waals surface area (Å²) in [5.41, 5.74) is 3.47. The van der Waals surface area contributed by atoms with E-state index in [4.69, 9.17) is 0 Å². The zero-order chi connectivity index (χ0) is 18.4. The van der Waals surface area contributed by atoms with Gasteiger partial charge in [0.1, 0.15) is 0 Å². The van der Waals surface area contributed by atoms with Gasteiger partial charge in [-0.15, -0.1) is 0 Å². The van der Waals surface area contributed by atoms with Crippen molar-refractivity contribution in [1.82, 2.24) is 9.97 Å². The van der Waals surface area contributed by atoms with Gasteiger partial charge in [-0.2, -0.15) is 11.8 Å². The van der Waals surface area contributed by atoms with Gasteiger partial charge in [0.05, 0.1) is 11.4 Å². The number of aromatic amines is 1. The lowest BCUT2D eigenvalue weighted by Crippen LogP contribution is -2.16. The quantitative estimate of drug-likeness (QED) is 0.568. The summed E-state index contributed by atoms with van der Waals surface area (Å²) in [5, 5.41) is 3.85. The average Bonchev–Trinajstić information content (AvgIpc) is 2.54. The molecule has 25 heavy (non-hydrogen) atoms. The van der Waals surface area contributed by atoms with Crippen molar-refractivity contribution in [2.75, 3.05) is 11.1 Å². The highest BCUT2D eigenvalue weighted by Gasteiger charge is 2.09. The minimum Gasteiger partial charge on any atom is -0.325 e. The van der Waals surface area contributed by atoms with Crippen LogP contribution in [0.15, 0.2) is 34.2 Å². The van der Waals surface area contributed by atoms with Crippen LogP contribution in [0.5, 0.6) is 0 Å². The Labute approximate surface area is 156 Å². The third-order valence-corrected chi connectivity index (χ3v) is 5.35. The molecule has 2 N–H and O–H groups in total. The van der Waals surface area contributed by atoms with E-state index in [-0.39, 0.29) is 17.2 Å². The monoisotopic (exact) mass is 377 g/mol. The summed E-state index contributed by atoms with van der Waals surface area (Å²) < 4.78 is 0. The smallest absolute Gasteiger partial charge is 0.251 e. The van der Waals surface area contributed by atoms with Crippen molar-refractivity contribution in [3.8, 4) is 0 Å². The van der Waals surface area contributed by atoms with Crippen molar-refractivity contribution in [3.63, 3.8) is 0 Å². The average molecular weight is 378 g/mol. The maximum absolute atomic E-state index is 12.2. The second-order valence-corrected chi connectivity index (χ2v) is 8.59. The number of thioether (sulfide) groups is 2. The van der Waals surface area contributed by atoms with Crippen LogP contribution in [0.1, 0.15) is 30.7 Å². The van der Waals surface area contributed by atoms with Crippen LogP contribution in [0.2, 0.25) is 0 Å². The van der Waals surface area contributed by atoms with Crippen molar-refractivity contribution in [2.24, 2.45) is 0 Å². The number of hydrogen-bond donors (Lipinski definition) is 2. The number of carbonyl (C=O) groups excluding carboxylic acids is 1. The minimum atomic E-state index is -0.188. The van der Waals surface area contributed by atoms with Gasteiger partial charge in [0, 0.05) is 17.5 Å². The molecular weight excluding hydrogens is 354 g/mol. The van der Waals surface area contributed by atoms with Crippen LogP contribution in [0.4, 0.5) is 5.69 Å². The molecule has 2 rings (SSSR count). The van der Waals surface area contributed by atoms with Crippen LogP contribution in [0, 0.1) is 13.8 Å². The van der Waals surface area contributed by atoms with Gasteiger partial charge in [-0.05, 0) is 36.3 Å². The number of H-pyrrole nitrogens is 1. The highest BCUT2D eigenvalue weighted by Crippen LogP contribution is 2.19. The van der Waals surface area contributed by atoms with Crippen molar-refractivity contribution in [1.29, 1.82) is 0 Å². The summed E-state index contributed by atoms with van der Waals surface area (Å²) in [7, 11) is 0. The van der Waals surface area contributed by atoms with Gasteiger partial charge in [-0.1, -0.05) is 37.7 Å². The van der Waals surface area contributed by atoms with Crippen LogP contribution >= 0.6 is 23.5 Å². The second-order valence-electron chi connectivity index (χ2n) is 6.06. The molecule has 1 heterocycles. The van der Waals surface area contributed by atoms with Crippen LogP contribution in [0.3, 0.4) is 0 Å². The Morgan fingerprint density at radius 2 is 2.04 bits per heavy atom. The number of amides is 1. The number of nitrogens with zero attached hydrogens (tertiary/aromatic N) is 1. The highest BCUT2D eigenvalue weighted by molar-refractivity contribution is 7.99. The lowest BCUT2D eigenvalue weighted by molar-refractivity contribution is -0.113. The predicted molar refractivity (Wildman–Crippen MR) is 107 cm³/mol. The molecule has 134 valence electrons. The first-order valence-electron chi connectivity index (χ1n) is 8.05. The van der Waals surface area contributed by atoms with Crippen LogP contribution in [-0.4, -0.2) is 26.9 Å².